The summed E-state index contributed by atoms with van der Waals surface area (Å²) in [7, 11) is 0. The van der Waals surface area contributed by atoms with Gasteiger partial charge in [0.15, 0.2) is 5.43 Å². The summed E-state index contributed by atoms with van der Waals surface area (Å²) in [5.41, 5.74) is 6.43. The fourth-order valence-corrected chi connectivity index (χ4v) is 5.43. The van der Waals surface area contributed by atoms with Crippen LogP contribution in [0.15, 0.2) is 45.4 Å². The Balaban J connectivity index is 2.22. The van der Waals surface area contributed by atoms with Crippen molar-refractivity contribution in [3.63, 3.8) is 0 Å². The van der Waals surface area contributed by atoms with Crippen LogP contribution in [0.2, 0.25) is 0 Å². The van der Waals surface area contributed by atoms with E-state index in [0.717, 1.165) is 73.7 Å². The van der Waals surface area contributed by atoms with E-state index >= 15 is 0 Å². The van der Waals surface area contributed by atoms with Crippen LogP contribution in [0.5, 0.6) is 0 Å². The summed E-state index contributed by atoms with van der Waals surface area (Å²) in [5.74, 6) is 1.83. The Bertz CT molecular complexity index is 1190. The molecule has 0 saturated heterocycles. The van der Waals surface area contributed by atoms with E-state index in [1.54, 1.807) is 6.21 Å². The van der Waals surface area contributed by atoms with Crippen molar-refractivity contribution in [2.45, 2.75) is 99.5 Å². The number of hydrogen-bond acceptors (Lipinski definition) is 4. The maximum Gasteiger partial charge on any atom is 0.196 e. The quantitative estimate of drug-likeness (QED) is 0.361. The molecule has 0 spiro atoms. The Hall–Kier alpha value is -2.66. The highest BCUT2D eigenvalue weighted by Gasteiger charge is 2.26. The van der Waals surface area contributed by atoms with Gasteiger partial charge in [-0.2, -0.15) is 0 Å². The lowest BCUT2D eigenvalue weighted by Crippen LogP contribution is -2.30. The first-order chi connectivity index (χ1) is 17.7. The predicted octanol–water partition coefficient (Wildman–Crippen LogP) is 6.90. The number of aliphatic imine (C=N–C) groups is 1. The minimum absolute atomic E-state index is 0.0814. The topological polar surface area (TPSA) is 57.8 Å². The van der Waals surface area contributed by atoms with E-state index in [1.165, 1.54) is 12.0 Å². The molecular formula is C32H47N3O2. The fraction of sp³-hybridized carbons (Fsp3) is 0.562. The molecule has 1 unspecified atom stereocenters. The molecule has 5 heteroatoms. The number of allylic oxidation sites excluding steroid dienone is 1. The van der Waals surface area contributed by atoms with Crippen molar-refractivity contribution in [2.75, 3.05) is 13.1 Å². The summed E-state index contributed by atoms with van der Waals surface area (Å²) in [4.78, 5) is 21.3. The summed E-state index contributed by atoms with van der Waals surface area (Å²) in [6.45, 7) is 17.0. The third kappa shape index (κ3) is 6.43. The van der Waals surface area contributed by atoms with Crippen LogP contribution in [0.4, 0.5) is 0 Å². The van der Waals surface area contributed by atoms with E-state index in [2.05, 4.69) is 70.1 Å². The summed E-state index contributed by atoms with van der Waals surface area (Å²) >= 11 is 0. The number of aromatic nitrogens is 1. The van der Waals surface area contributed by atoms with Crippen molar-refractivity contribution in [3.8, 4) is 5.69 Å². The largest absolute Gasteiger partial charge is 0.391 e. The zero-order valence-electron chi connectivity index (χ0n) is 24.1. The molecule has 1 aromatic heterocycles. The van der Waals surface area contributed by atoms with Gasteiger partial charge in [0, 0.05) is 41.9 Å². The molecule has 1 atom stereocenters. The molecule has 0 radical (unpaired) electrons. The number of benzene rings is 1. The van der Waals surface area contributed by atoms with Crippen LogP contribution in [0.3, 0.4) is 0 Å². The molecule has 1 N–H and O–H groups in total. The molecule has 0 bridgehead atoms. The number of para-hydroxylation sites is 1. The van der Waals surface area contributed by atoms with Crippen molar-refractivity contribution in [3.05, 3.63) is 74.0 Å². The van der Waals surface area contributed by atoms with Gasteiger partial charge in [-0.1, -0.05) is 52.8 Å². The molecule has 1 aliphatic rings. The Kier molecular flexibility index (Phi) is 10.3. The van der Waals surface area contributed by atoms with E-state index in [9.17, 15) is 9.90 Å². The van der Waals surface area contributed by atoms with E-state index in [1.807, 2.05) is 12.1 Å². The smallest absolute Gasteiger partial charge is 0.196 e. The molecule has 0 fully saturated rings. The number of aliphatic hydroxyl groups is 1. The lowest BCUT2D eigenvalue weighted by atomic mass is 9.93. The maximum absolute atomic E-state index is 13.9. The number of fused-ring (bicyclic) bond motifs is 1. The van der Waals surface area contributed by atoms with E-state index in [0.29, 0.717) is 17.0 Å². The number of hydrogen-bond donors (Lipinski definition) is 1. The molecule has 1 aliphatic heterocycles. The van der Waals surface area contributed by atoms with Gasteiger partial charge < -0.3 is 14.6 Å². The average molecular weight is 506 g/mol. The second-order valence-electron chi connectivity index (χ2n) is 11.0. The zero-order chi connectivity index (χ0) is 27.1. The minimum Gasteiger partial charge on any atom is -0.391 e. The van der Waals surface area contributed by atoms with Gasteiger partial charge in [-0.3, -0.25) is 4.79 Å². The van der Waals surface area contributed by atoms with Crippen molar-refractivity contribution < 1.29 is 5.11 Å². The van der Waals surface area contributed by atoms with Crippen LogP contribution in [0.25, 0.3) is 5.69 Å². The molecule has 2 heterocycles. The number of pyridine rings is 1. The van der Waals surface area contributed by atoms with Crippen LogP contribution in [-0.2, 0) is 13.0 Å². The lowest BCUT2D eigenvalue weighted by Gasteiger charge is -2.30. The molecule has 5 nitrogen and oxygen atoms in total. The third-order valence-electron chi connectivity index (χ3n) is 7.68. The normalized spacial score (nSPS) is 17.3. The number of nitrogens with zero attached hydrogens (tertiary/aromatic N) is 3. The highest BCUT2D eigenvalue weighted by molar-refractivity contribution is 5.83. The van der Waals surface area contributed by atoms with Crippen LogP contribution in [0.1, 0.15) is 108 Å². The van der Waals surface area contributed by atoms with Crippen LogP contribution >= 0.6 is 0 Å². The first-order valence-electron chi connectivity index (χ1n) is 14.2. The first-order valence-corrected chi connectivity index (χ1v) is 14.2. The summed E-state index contributed by atoms with van der Waals surface area (Å²) in [6, 6.07) is 8.32. The number of rotatable bonds is 11. The minimum atomic E-state index is -0.273. The summed E-state index contributed by atoms with van der Waals surface area (Å²) in [5, 5.41) is 10.4. The van der Waals surface area contributed by atoms with Gasteiger partial charge in [0.2, 0.25) is 0 Å². The molecule has 1 aromatic carbocycles. The first kappa shape index (κ1) is 28.9. The lowest BCUT2D eigenvalue weighted by molar-refractivity contribution is 0.277. The van der Waals surface area contributed by atoms with Crippen molar-refractivity contribution in [1.29, 1.82) is 0 Å². The van der Waals surface area contributed by atoms with Gasteiger partial charge in [0.1, 0.15) is 5.82 Å². The van der Waals surface area contributed by atoms with Crippen molar-refractivity contribution in [2.24, 2.45) is 10.9 Å². The standard InChI is InChI=1S/C32H47N3O2/c1-8-18-34(19-12-13-22(3)4)32-25(7)16-17-29-26(20-33-32)31(37)27(21-36)30(23(5)9-2)35(29)28-15-11-10-14-24(28)6/h10-11,14-15,20,22-23,36H,8-9,12-13,16-19,21H2,1-7H3/b32-25-,33-20-. The van der Waals surface area contributed by atoms with Gasteiger partial charge in [0.05, 0.1) is 12.2 Å². The van der Waals surface area contributed by atoms with Gasteiger partial charge >= 0.3 is 0 Å². The van der Waals surface area contributed by atoms with E-state index < -0.39 is 0 Å². The number of aryl methyl sites for hydroxylation is 1. The second-order valence-corrected chi connectivity index (χ2v) is 11.0. The number of aliphatic hydroxyl groups excluding tert-OH is 1. The van der Waals surface area contributed by atoms with Crippen LogP contribution in [-0.4, -0.2) is 33.9 Å². The molecule has 3 rings (SSSR count). The average Bonchev–Trinajstić information content (AvgIpc) is 2.86. The van der Waals surface area contributed by atoms with Gasteiger partial charge in [-0.25, -0.2) is 4.99 Å². The Labute approximate surface area is 223 Å². The van der Waals surface area contributed by atoms with E-state index in [4.69, 9.17) is 4.99 Å². The van der Waals surface area contributed by atoms with Gasteiger partial charge in [-0.15, -0.1) is 0 Å². The summed E-state index contributed by atoms with van der Waals surface area (Å²) in [6.07, 6.45) is 7.64. The van der Waals surface area contributed by atoms with Crippen LogP contribution in [0, 0.1) is 12.8 Å². The molecule has 0 saturated carbocycles. The second kappa shape index (κ2) is 13.2. The third-order valence-corrected chi connectivity index (χ3v) is 7.68. The molecule has 2 aromatic rings. The highest BCUT2D eigenvalue weighted by atomic mass is 16.3. The summed E-state index contributed by atoms with van der Waals surface area (Å²) < 4.78 is 2.27. The van der Waals surface area contributed by atoms with Gasteiger partial charge in [0.25, 0.3) is 0 Å². The van der Waals surface area contributed by atoms with E-state index in [-0.39, 0.29) is 18.0 Å². The monoisotopic (exact) mass is 505 g/mol. The van der Waals surface area contributed by atoms with Gasteiger partial charge in [-0.05, 0) is 81.4 Å². The maximum atomic E-state index is 13.9. The van der Waals surface area contributed by atoms with Crippen LogP contribution < -0.4 is 5.43 Å². The SMILES string of the molecule is CCCN(CCCC(C)C)C1=C(/C)CCc2c(c(=O)c(CO)c(C(C)CC)n2-c2ccccc2C)/C=N\1. The molecule has 37 heavy (non-hydrogen) atoms. The van der Waals surface area contributed by atoms with Crippen molar-refractivity contribution >= 4 is 6.21 Å². The highest BCUT2D eigenvalue weighted by Crippen LogP contribution is 2.31. The Morgan fingerprint density at radius 3 is 2.43 bits per heavy atom. The molecule has 0 amide bonds. The van der Waals surface area contributed by atoms with Crippen molar-refractivity contribution in [1.82, 2.24) is 9.47 Å². The molecule has 202 valence electrons. The zero-order valence-corrected chi connectivity index (χ0v) is 24.1. The molecule has 0 aliphatic carbocycles. The predicted molar refractivity (Wildman–Crippen MR) is 156 cm³/mol. The molecular weight excluding hydrogens is 458 g/mol. The Morgan fingerprint density at radius 2 is 1.81 bits per heavy atom. The fourth-order valence-electron chi connectivity index (χ4n) is 5.43. The Morgan fingerprint density at radius 1 is 1.08 bits per heavy atom.